The molecule has 4 rings (SSSR count). The fourth-order valence-corrected chi connectivity index (χ4v) is 4.37. The third-order valence-corrected chi connectivity index (χ3v) is 5.80. The minimum atomic E-state index is -0.0196. The summed E-state index contributed by atoms with van der Waals surface area (Å²) < 4.78 is 5.20. The lowest BCUT2D eigenvalue weighted by Crippen LogP contribution is -2.48. The van der Waals surface area contributed by atoms with Crippen molar-refractivity contribution in [1.82, 2.24) is 14.8 Å². The van der Waals surface area contributed by atoms with Gasteiger partial charge in [0.1, 0.15) is 5.01 Å². The van der Waals surface area contributed by atoms with Gasteiger partial charge in [0.2, 0.25) is 0 Å². The monoisotopic (exact) mass is 359 g/mol. The smallest absolute Gasteiger partial charge is 0.289 e. The fraction of sp³-hybridized carbons (Fsp3) is 0.294. The van der Waals surface area contributed by atoms with Gasteiger partial charge in [-0.2, -0.15) is 0 Å². The molecule has 0 unspecified atom stereocenters. The van der Waals surface area contributed by atoms with Crippen molar-refractivity contribution >= 4 is 28.6 Å². The van der Waals surface area contributed by atoms with Gasteiger partial charge in [-0.15, -0.1) is 22.7 Å². The lowest BCUT2D eigenvalue weighted by atomic mass is 10.3. The van der Waals surface area contributed by atoms with Crippen LogP contribution in [0.4, 0.5) is 0 Å². The largest absolute Gasteiger partial charge is 0.459 e. The Morgan fingerprint density at radius 2 is 2.04 bits per heavy atom. The number of piperazine rings is 1. The molecule has 0 aromatic carbocycles. The molecule has 0 saturated carbocycles. The van der Waals surface area contributed by atoms with Crippen LogP contribution in [-0.4, -0.2) is 46.9 Å². The third kappa shape index (κ3) is 3.28. The summed E-state index contributed by atoms with van der Waals surface area (Å²) in [6, 6.07) is 7.62. The maximum absolute atomic E-state index is 12.3. The second kappa shape index (κ2) is 6.88. The van der Waals surface area contributed by atoms with Crippen LogP contribution in [0.15, 0.2) is 45.7 Å². The lowest BCUT2D eigenvalue weighted by Gasteiger charge is -2.33. The molecule has 3 aromatic rings. The molecule has 1 aliphatic heterocycles. The number of furan rings is 1. The first-order chi connectivity index (χ1) is 11.8. The van der Waals surface area contributed by atoms with E-state index in [2.05, 4.69) is 21.7 Å². The van der Waals surface area contributed by atoms with Gasteiger partial charge >= 0.3 is 0 Å². The Hall–Kier alpha value is -1.96. The summed E-state index contributed by atoms with van der Waals surface area (Å²) in [4.78, 5) is 22.4. The van der Waals surface area contributed by atoms with Crippen molar-refractivity contribution in [3.63, 3.8) is 0 Å². The van der Waals surface area contributed by atoms with E-state index in [1.165, 1.54) is 11.1 Å². The highest BCUT2D eigenvalue weighted by Gasteiger charge is 2.24. The zero-order valence-corrected chi connectivity index (χ0v) is 14.7. The van der Waals surface area contributed by atoms with E-state index in [4.69, 9.17) is 9.40 Å². The highest BCUT2D eigenvalue weighted by atomic mass is 32.1. The van der Waals surface area contributed by atoms with E-state index < -0.39 is 0 Å². The molecule has 1 saturated heterocycles. The SMILES string of the molecule is O=C(c1ccco1)N1CCN(Cc2nc(-c3cccs3)cs2)CC1. The lowest BCUT2D eigenvalue weighted by molar-refractivity contribution is 0.0598. The maximum atomic E-state index is 12.3. The molecule has 1 aliphatic rings. The summed E-state index contributed by atoms with van der Waals surface area (Å²) in [6.45, 7) is 4.02. The molecule has 0 radical (unpaired) electrons. The Balaban J connectivity index is 1.33. The summed E-state index contributed by atoms with van der Waals surface area (Å²) in [5.41, 5.74) is 1.07. The van der Waals surface area contributed by atoms with E-state index in [0.717, 1.165) is 43.4 Å². The van der Waals surface area contributed by atoms with E-state index >= 15 is 0 Å². The number of amides is 1. The van der Waals surface area contributed by atoms with Crippen molar-refractivity contribution in [2.75, 3.05) is 26.2 Å². The molecule has 1 amide bonds. The second-order valence-electron chi connectivity index (χ2n) is 5.65. The van der Waals surface area contributed by atoms with Gasteiger partial charge in [0.25, 0.3) is 5.91 Å². The molecular weight excluding hydrogens is 342 g/mol. The zero-order valence-electron chi connectivity index (χ0n) is 13.1. The van der Waals surface area contributed by atoms with Crippen molar-refractivity contribution in [2.24, 2.45) is 0 Å². The van der Waals surface area contributed by atoms with Crippen molar-refractivity contribution in [2.45, 2.75) is 6.54 Å². The molecule has 1 fully saturated rings. The molecule has 0 atom stereocenters. The fourth-order valence-electron chi connectivity index (χ4n) is 2.78. The highest BCUT2D eigenvalue weighted by molar-refractivity contribution is 7.14. The van der Waals surface area contributed by atoms with Crippen molar-refractivity contribution in [3.05, 3.63) is 52.1 Å². The number of carbonyl (C=O) groups excluding carboxylic acids is 1. The van der Waals surface area contributed by atoms with Crippen molar-refractivity contribution in [3.8, 4) is 10.6 Å². The Kier molecular flexibility index (Phi) is 4.46. The van der Waals surface area contributed by atoms with Gasteiger partial charge in [-0.05, 0) is 23.6 Å². The van der Waals surface area contributed by atoms with Gasteiger partial charge in [0, 0.05) is 31.6 Å². The molecule has 0 N–H and O–H groups in total. The number of aromatic nitrogens is 1. The van der Waals surface area contributed by atoms with Crippen LogP contribution in [0, 0.1) is 0 Å². The van der Waals surface area contributed by atoms with Crippen molar-refractivity contribution < 1.29 is 9.21 Å². The Bertz CT molecular complexity index is 788. The first kappa shape index (κ1) is 15.6. The van der Waals surface area contributed by atoms with E-state index in [9.17, 15) is 4.79 Å². The second-order valence-corrected chi connectivity index (χ2v) is 7.54. The molecule has 3 aromatic heterocycles. The Labute approximate surface area is 148 Å². The van der Waals surface area contributed by atoms with Gasteiger partial charge in [0.15, 0.2) is 5.76 Å². The van der Waals surface area contributed by atoms with Gasteiger partial charge in [-0.25, -0.2) is 4.98 Å². The molecular formula is C17H17N3O2S2. The molecule has 7 heteroatoms. The number of thiophene rings is 1. The number of rotatable bonds is 4. The van der Waals surface area contributed by atoms with E-state index in [1.807, 2.05) is 11.0 Å². The maximum Gasteiger partial charge on any atom is 0.289 e. The van der Waals surface area contributed by atoms with E-state index in [-0.39, 0.29) is 5.91 Å². The number of carbonyl (C=O) groups is 1. The average molecular weight is 359 g/mol. The van der Waals surface area contributed by atoms with Crippen LogP contribution in [-0.2, 0) is 6.54 Å². The summed E-state index contributed by atoms with van der Waals surface area (Å²) in [6.07, 6.45) is 1.54. The molecule has 124 valence electrons. The van der Waals surface area contributed by atoms with E-state index in [1.54, 1.807) is 34.8 Å². The normalized spacial score (nSPS) is 15.8. The van der Waals surface area contributed by atoms with Crippen LogP contribution in [0.2, 0.25) is 0 Å². The summed E-state index contributed by atoms with van der Waals surface area (Å²) in [5, 5.41) is 5.32. The topological polar surface area (TPSA) is 49.6 Å². The van der Waals surface area contributed by atoms with Gasteiger partial charge in [-0.3, -0.25) is 9.69 Å². The first-order valence-corrected chi connectivity index (χ1v) is 9.59. The van der Waals surface area contributed by atoms with Gasteiger partial charge < -0.3 is 9.32 Å². The molecule has 0 bridgehead atoms. The number of nitrogens with zero attached hydrogens (tertiary/aromatic N) is 3. The van der Waals surface area contributed by atoms with Crippen molar-refractivity contribution in [1.29, 1.82) is 0 Å². The quantitative estimate of drug-likeness (QED) is 0.716. The van der Waals surface area contributed by atoms with Crippen LogP contribution in [0.25, 0.3) is 10.6 Å². The van der Waals surface area contributed by atoms with Gasteiger partial charge in [0.05, 0.1) is 23.4 Å². The number of hydrogen-bond acceptors (Lipinski definition) is 6. The van der Waals surface area contributed by atoms with Crippen LogP contribution < -0.4 is 0 Å². The Morgan fingerprint density at radius 1 is 1.17 bits per heavy atom. The Morgan fingerprint density at radius 3 is 2.75 bits per heavy atom. The van der Waals surface area contributed by atoms with Crippen LogP contribution in [0.5, 0.6) is 0 Å². The predicted octanol–water partition coefficient (Wildman–Crippen LogP) is 3.42. The summed E-state index contributed by atoms with van der Waals surface area (Å²) >= 11 is 3.42. The van der Waals surface area contributed by atoms with Crippen LogP contribution >= 0.6 is 22.7 Å². The number of thiazole rings is 1. The minimum absolute atomic E-state index is 0.0196. The standard InChI is InChI=1S/C17H17N3O2S2/c21-17(14-3-1-9-22-14)20-7-5-19(6-8-20)11-16-18-13(12-24-16)15-4-2-10-23-15/h1-4,9-10,12H,5-8,11H2. The molecule has 24 heavy (non-hydrogen) atoms. The first-order valence-electron chi connectivity index (χ1n) is 7.83. The zero-order chi connectivity index (χ0) is 16.4. The van der Waals surface area contributed by atoms with Crippen LogP contribution in [0.1, 0.15) is 15.6 Å². The molecule has 5 nitrogen and oxygen atoms in total. The molecule has 4 heterocycles. The van der Waals surface area contributed by atoms with Crippen LogP contribution in [0.3, 0.4) is 0 Å². The highest BCUT2D eigenvalue weighted by Crippen LogP contribution is 2.26. The summed E-state index contributed by atoms with van der Waals surface area (Å²) in [7, 11) is 0. The van der Waals surface area contributed by atoms with Gasteiger partial charge in [-0.1, -0.05) is 6.07 Å². The predicted molar refractivity (Wildman–Crippen MR) is 95.3 cm³/mol. The number of hydrogen-bond donors (Lipinski definition) is 0. The van der Waals surface area contributed by atoms with E-state index in [0.29, 0.717) is 5.76 Å². The molecule has 0 aliphatic carbocycles. The minimum Gasteiger partial charge on any atom is -0.459 e. The third-order valence-electron chi connectivity index (χ3n) is 4.08. The summed E-state index contributed by atoms with van der Waals surface area (Å²) in [5.74, 6) is 0.401. The molecule has 0 spiro atoms. The average Bonchev–Trinajstić information content (AvgIpc) is 3.36.